The maximum Gasteiger partial charge on any atom is 0.238 e. The fourth-order valence-corrected chi connectivity index (χ4v) is 3.57. The van der Waals surface area contributed by atoms with E-state index in [4.69, 9.17) is 4.74 Å². The first-order valence-electron chi connectivity index (χ1n) is 10.2. The Morgan fingerprint density at radius 1 is 1.00 bits per heavy atom. The number of halogens is 1. The van der Waals surface area contributed by atoms with Crippen molar-refractivity contribution in [1.82, 2.24) is 9.80 Å². The second kappa shape index (κ2) is 10.4. The van der Waals surface area contributed by atoms with Gasteiger partial charge >= 0.3 is 0 Å². The molecule has 1 saturated heterocycles. The van der Waals surface area contributed by atoms with Crippen molar-refractivity contribution in [2.45, 2.75) is 20.3 Å². The highest BCUT2D eigenvalue weighted by Crippen LogP contribution is 2.19. The zero-order valence-corrected chi connectivity index (χ0v) is 17.3. The lowest BCUT2D eigenvalue weighted by molar-refractivity contribution is -0.117. The zero-order valence-electron chi connectivity index (χ0n) is 17.3. The highest BCUT2D eigenvalue weighted by atomic mass is 19.1. The topological polar surface area (TPSA) is 44.8 Å². The number of aryl methyl sites for hydroxylation is 2. The molecule has 2 aromatic carbocycles. The van der Waals surface area contributed by atoms with E-state index in [0.717, 1.165) is 56.0 Å². The third kappa shape index (κ3) is 6.54. The summed E-state index contributed by atoms with van der Waals surface area (Å²) in [5, 5.41) is 3.06. The largest absolute Gasteiger partial charge is 0.494 e. The van der Waals surface area contributed by atoms with E-state index in [1.165, 1.54) is 12.1 Å². The predicted molar refractivity (Wildman–Crippen MR) is 114 cm³/mol. The van der Waals surface area contributed by atoms with Crippen molar-refractivity contribution < 1.29 is 13.9 Å². The molecule has 0 radical (unpaired) electrons. The van der Waals surface area contributed by atoms with E-state index in [0.29, 0.717) is 18.9 Å². The Bertz CT molecular complexity index is 782. The van der Waals surface area contributed by atoms with Gasteiger partial charge in [-0.1, -0.05) is 18.2 Å². The van der Waals surface area contributed by atoms with Crippen molar-refractivity contribution >= 4 is 11.6 Å². The number of anilines is 1. The smallest absolute Gasteiger partial charge is 0.238 e. The molecule has 0 aliphatic carbocycles. The summed E-state index contributed by atoms with van der Waals surface area (Å²) in [5.74, 6) is 0.493. The van der Waals surface area contributed by atoms with Crippen molar-refractivity contribution in [3.05, 3.63) is 59.4 Å². The second-order valence-electron chi connectivity index (χ2n) is 7.59. The first-order valence-corrected chi connectivity index (χ1v) is 10.2. The van der Waals surface area contributed by atoms with Gasteiger partial charge in [-0.3, -0.25) is 9.69 Å². The molecule has 0 aromatic heterocycles. The summed E-state index contributed by atoms with van der Waals surface area (Å²) in [4.78, 5) is 17.0. The molecule has 5 nitrogen and oxygen atoms in total. The summed E-state index contributed by atoms with van der Waals surface area (Å²) in [7, 11) is 0. The molecule has 156 valence electrons. The van der Waals surface area contributed by atoms with E-state index in [1.54, 1.807) is 12.1 Å². The number of carbonyl (C=O) groups excluding carboxylic acids is 1. The number of hydrogen-bond acceptors (Lipinski definition) is 4. The number of piperazine rings is 1. The summed E-state index contributed by atoms with van der Waals surface area (Å²) < 4.78 is 18.5. The molecule has 0 spiro atoms. The van der Waals surface area contributed by atoms with Crippen LogP contribution < -0.4 is 10.1 Å². The molecule has 1 heterocycles. The minimum atomic E-state index is -0.252. The quantitative estimate of drug-likeness (QED) is 0.691. The minimum absolute atomic E-state index is 0.0450. The monoisotopic (exact) mass is 399 g/mol. The van der Waals surface area contributed by atoms with Crippen LogP contribution in [0.3, 0.4) is 0 Å². The van der Waals surface area contributed by atoms with Crippen LogP contribution in [-0.2, 0) is 4.79 Å². The number of amides is 1. The molecule has 0 saturated carbocycles. The maximum atomic E-state index is 12.9. The van der Waals surface area contributed by atoms with Gasteiger partial charge in [-0.2, -0.15) is 0 Å². The first-order chi connectivity index (χ1) is 14.0. The standard InChI is InChI=1S/C23H30FN3O2/c1-18-5-3-6-19(2)23(18)25-22(28)17-27-14-12-26(13-15-27)11-4-16-29-21-9-7-20(24)8-10-21/h3,5-10H,4,11-17H2,1-2H3,(H,25,28). The number of rotatable bonds is 8. The van der Waals surface area contributed by atoms with Gasteiger partial charge < -0.3 is 15.0 Å². The number of nitrogens with one attached hydrogen (secondary N) is 1. The van der Waals surface area contributed by atoms with Gasteiger partial charge in [0.1, 0.15) is 11.6 Å². The Balaban J connectivity index is 1.32. The summed E-state index contributed by atoms with van der Waals surface area (Å²) >= 11 is 0. The summed E-state index contributed by atoms with van der Waals surface area (Å²) in [6.45, 7) is 9.71. The minimum Gasteiger partial charge on any atom is -0.494 e. The fraction of sp³-hybridized carbons (Fsp3) is 0.435. The lowest BCUT2D eigenvalue weighted by Gasteiger charge is -2.34. The third-order valence-corrected chi connectivity index (χ3v) is 5.28. The molecule has 0 unspecified atom stereocenters. The van der Waals surface area contributed by atoms with Gasteiger partial charge in [-0.15, -0.1) is 0 Å². The molecular weight excluding hydrogens is 369 g/mol. The number of para-hydroxylation sites is 1. The SMILES string of the molecule is Cc1cccc(C)c1NC(=O)CN1CCN(CCCOc2ccc(F)cc2)CC1. The molecule has 3 rings (SSSR count). The van der Waals surface area contributed by atoms with Gasteiger partial charge in [0.25, 0.3) is 0 Å². The number of nitrogens with zero attached hydrogens (tertiary/aromatic N) is 2. The molecule has 1 N–H and O–H groups in total. The molecule has 1 aliphatic rings. The lowest BCUT2D eigenvalue weighted by atomic mass is 10.1. The first kappa shape index (κ1) is 21.3. The Labute approximate surface area is 172 Å². The molecule has 1 aliphatic heterocycles. The van der Waals surface area contributed by atoms with Crippen molar-refractivity contribution in [1.29, 1.82) is 0 Å². The predicted octanol–water partition coefficient (Wildman–Crippen LogP) is 3.47. The molecule has 0 bridgehead atoms. The van der Waals surface area contributed by atoms with Crippen molar-refractivity contribution in [3.8, 4) is 5.75 Å². The number of carbonyl (C=O) groups is 1. The molecule has 2 aromatic rings. The van der Waals surface area contributed by atoms with E-state index in [1.807, 2.05) is 32.0 Å². The van der Waals surface area contributed by atoms with Gasteiger partial charge in [-0.05, 0) is 55.7 Å². The lowest BCUT2D eigenvalue weighted by Crippen LogP contribution is -2.48. The summed E-state index contributed by atoms with van der Waals surface area (Å²) in [6.07, 6.45) is 0.921. The molecule has 6 heteroatoms. The molecule has 1 amide bonds. The highest BCUT2D eigenvalue weighted by Gasteiger charge is 2.19. The number of hydrogen-bond donors (Lipinski definition) is 1. The maximum absolute atomic E-state index is 12.9. The van der Waals surface area contributed by atoms with E-state index >= 15 is 0 Å². The Hall–Kier alpha value is -2.44. The van der Waals surface area contributed by atoms with E-state index in [-0.39, 0.29) is 11.7 Å². The third-order valence-electron chi connectivity index (χ3n) is 5.28. The van der Waals surface area contributed by atoms with Gasteiger partial charge in [-0.25, -0.2) is 4.39 Å². The van der Waals surface area contributed by atoms with Crippen LogP contribution >= 0.6 is 0 Å². The van der Waals surface area contributed by atoms with Gasteiger partial charge in [0.05, 0.1) is 13.2 Å². The van der Waals surface area contributed by atoms with Crippen molar-refractivity contribution in [2.75, 3.05) is 51.2 Å². The van der Waals surface area contributed by atoms with Gasteiger partial charge in [0, 0.05) is 38.4 Å². The summed E-state index contributed by atoms with van der Waals surface area (Å²) in [6, 6.07) is 12.2. The van der Waals surface area contributed by atoms with E-state index in [2.05, 4.69) is 15.1 Å². The fourth-order valence-electron chi connectivity index (χ4n) is 3.57. The van der Waals surface area contributed by atoms with Crippen LogP contribution in [0.5, 0.6) is 5.75 Å². The Morgan fingerprint density at radius 2 is 1.62 bits per heavy atom. The van der Waals surface area contributed by atoms with Gasteiger partial charge in [0.2, 0.25) is 5.91 Å². The Morgan fingerprint density at radius 3 is 2.28 bits per heavy atom. The Kier molecular flexibility index (Phi) is 7.61. The van der Waals surface area contributed by atoms with Crippen LogP contribution in [0.4, 0.5) is 10.1 Å². The normalized spacial score (nSPS) is 15.3. The second-order valence-corrected chi connectivity index (χ2v) is 7.59. The number of benzene rings is 2. The molecular formula is C23H30FN3O2. The zero-order chi connectivity index (χ0) is 20.6. The van der Waals surface area contributed by atoms with Gasteiger partial charge in [0.15, 0.2) is 0 Å². The average Bonchev–Trinajstić information content (AvgIpc) is 2.71. The molecule has 29 heavy (non-hydrogen) atoms. The van der Waals surface area contributed by atoms with Crippen LogP contribution in [0, 0.1) is 19.7 Å². The van der Waals surface area contributed by atoms with Crippen molar-refractivity contribution in [3.63, 3.8) is 0 Å². The van der Waals surface area contributed by atoms with Crippen LogP contribution in [0.1, 0.15) is 17.5 Å². The van der Waals surface area contributed by atoms with Crippen LogP contribution in [0.2, 0.25) is 0 Å². The van der Waals surface area contributed by atoms with Crippen LogP contribution in [0.15, 0.2) is 42.5 Å². The van der Waals surface area contributed by atoms with Crippen molar-refractivity contribution in [2.24, 2.45) is 0 Å². The van der Waals surface area contributed by atoms with E-state index < -0.39 is 0 Å². The molecule has 1 fully saturated rings. The van der Waals surface area contributed by atoms with E-state index in [9.17, 15) is 9.18 Å². The highest BCUT2D eigenvalue weighted by molar-refractivity contribution is 5.93. The van der Waals surface area contributed by atoms with Crippen LogP contribution in [0.25, 0.3) is 0 Å². The number of ether oxygens (including phenoxy) is 1. The molecule has 0 atom stereocenters. The van der Waals surface area contributed by atoms with Crippen LogP contribution in [-0.4, -0.2) is 61.6 Å². The summed E-state index contributed by atoms with van der Waals surface area (Å²) in [5.41, 5.74) is 3.11. The average molecular weight is 400 g/mol.